The van der Waals surface area contributed by atoms with E-state index in [0.717, 1.165) is 6.07 Å². The van der Waals surface area contributed by atoms with E-state index >= 15 is 0 Å². The summed E-state index contributed by atoms with van der Waals surface area (Å²) in [7, 11) is 0. The predicted molar refractivity (Wildman–Crippen MR) is 84.3 cm³/mol. The lowest BCUT2D eigenvalue weighted by atomic mass is 10.1. The summed E-state index contributed by atoms with van der Waals surface area (Å²) in [6, 6.07) is 4.61. The number of carbonyl (C=O) groups excluding carboxylic acids is 1. The molecule has 0 aliphatic rings. The minimum atomic E-state index is -4.60. The van der Waals surface area contributed by atoms with E-state index in [1.165, 1.54) is 30.5 Å². The minimum absolute atomic E-state index is 0.0110. The highest BCUT2D eigenvalue weighted by molar-refractivity contribution is 6.30. The molecule has 0 unspecified atom stereocenters. The number of nitrogens with one attached hydrogen (secondary N) is 2. The predicted octanol–water partition coefficient (Wildman–Crippen LogP) is 3.81. The van der Waals surface area contributed by atoms with Crippen molar-refractivity contribution >= 4 is 29.1 Å². The van der Waals surface area contributed by atoms with Gasteiger partial charge in [-0.05, 0) is 24.3 Å². The topological polar surface area (TPSA) is 66.9 Å². The quantitative estimate of drug-likeness (QED) is 0.799. The molecule has 1 amide bonds. The molecule has 1 heterocycles. The normalized spacial score (nSPS) is 11.0. The van der Waals surface area contributed by atoms with Gasteiger partial charge in [-0.1, -0.05) is 17.7 Å². The van der Waals surface area contributed by atoms with Crippen LogP contribution in [0.3, 0.4) is 0 Å². The molecule has 2 aromatic rings. The first-order valence-electron chi connectivity index (χ1n) is 6.67. The molecule has 126 valence electrons. The van der Waals surface area contributed by atoms with E-state index in [2.05, 4.69) is 27.2 Å². The van der Waals surface area contributed by atoms with Crippen molar-refractivity contribution in [2.24, 2.45) is 0 Å². The number of benzene rings is 1. The van der Waals surface area contributed by atoms with Gasteiger partial charge in [0.15, 0.2) is 0 Å². The Morgan fingerprint density at radius 1 is 1.33 bits per heavy atom. The van der Waals surface area contributed by atoms with Crippen LogP contribution in [0.15, 0.2) is 43.1 Å². The molecule has 0 radical (unpaired) electrons. The fourth-order valence-corrected chi connectivity index (χ4v) is 1.95. The zero-order chi connectivity index (χ0) is 17.7. The maximum atomic E-state index is 13.1. The molecule has 24 heavy (non-hydrogen) atoms. The Morgan fingerprint density at radius 2 is 2.08 bits per heavy atom. The van der Waals surface area contributed by atoms with Crippen LogP contribution in [0.25, 0.3) is 0 Å². The zero-order valence-electron chi connectivity index (χ0n) is 12.2. The van der Waals surface area contributed by atoms with Gasteiger partial charge in [-0.25, -0.2) is 9.97 Å². The van der Waals surface area contributed by atoms with E-state index in [0.29, 0.717) is 0 Å². The van der Waals surface area contributed by atoms with E-state index in [-0.39, 0.29) is 28.9 Å². The van der Waals surface area contributed by atoms with Crippen molar-refractivity contribution in [2.75, 3.05) is 11.9 Å². The van der Waals surface area contributed by atoms with Gasteiger partial charge in [0, 0.05) is 17.8 Å². The van der Waals surface area contributed by atoms with Gasteiger partial charge >= 0.3 is 6.18 Å². The van der Waals surface area contributed by atoms with Crippen molar-refractivity contribution in [3.63, 3.8) is 0 Å². The molecule has 2 N–H and O–H groups in total. The number of hydrogen-bond acceptors (Lipinski definition) is 4. The van der Waals surface area contributed by atoms with Crippen molar-refractivity contribution < 1.29 is 18.0 Å². The van der Waals surface area contributed by atoms with Crippen LogP contribution in [0.4, 0.5) is 24.8 Å². The number of rotatable bonds is 5. The monoisotopic (exact) mass is 356 g/mol. The van der Waals surface area contributed by atoms with E-state index in [1.54, 1.807) is 0 Å². The summed E-state index contributed by atoms with van der Waals surface area (Å²) in [5.74, 6) is -0.637. The number of aromatic nitrogens is 2. The molecular weight excluding hydrogens is 345 g/mol. The third-order valence-electron chi connectivity index (χ3n) is 2.83. The zero-order valence-corrected chi connectivity index (χ0v) is 12.9. The molecule has 5 nitrogen and oxygen atoms in total. The Hall–Kier alpha value is -2.61. The van der Waals surface area contributed by atoms with Crippen LogP contribution in [0.2, 0.25) is 5.02 Å². The van der Waals surface area contributed by atoms with Gasteiger partial charge in [-0.2, -0.15) is 13.2 Å². The lowest BCUT2D eigenvalue weighted by molar-refractivity contribution is -0.136. The van der Waals surface area contributed by atoms with Crippen LogP contribution in [-0.2, 0) is 6.18 Å². The second-order valence-electron chi connectivity index (χ2n) is 4.58. The van der Waals surface area contributed by atoms with Crippen molar-refractivity contribution in [1.82, 2.24) is 15.3 Å². The van der Waals surface area contributed by atoms with Crippen LogP contribution in [-0.4, -0.2) is 22.4 Å². The number of hydrogen-bond donors (Lipinski definition) is 2. The summed E-state index contributed by atoms with van der Waals surface area (Å²) in [6.45, 7) is 3.70. The average Bonchev–Trinajstić information content (AvgIpc) is 2.53. The number of halogens is 4. The molecule has 0 atom stereocenters. The number of anilines is 2. The molecule has 0 saturated heterocycles. The van der Waals surface area contributed by atoms with Crippen molar-refractivity contribution in [3.05, 3.63) is 59.4 Å². The Kier molecular flexibility index (Phi) is 5.40. The van der Waals surface area contributed by atoms with Crippen LogP contribution < -0.4 is 10.6 Å². The maximum absolute atomic E-state index is 13.1. The Morgan fingerprint density at radius 3 is 2.75 bits per heavy atom. The SMILES string of the molecule is C=CCNC(=O)c1ccnc(Nc2ccc(Cl)cc2C(F)(F)F)n1. The molecule has 0 aliphatic heterocycles. The van der Waals surface area contributed by atoms with Crippen molar-refractivity contribution in [1.29, 1.82) is 0 Å². The van der Waals surface area contributed by atoms with Gasteiger partial charge in [0.2, 0.25) is 5.95 Å². The summed E-state index contributed by atoms with van der Waals surface area (Å²) in [4.78, 5) is 19.5. The smallest absolute Gasteiger partial charge is 0.347 e. The van der Waals surface area contributed by atoms with E-state index in [1.807, 2.05) is 0 Å². The fraction of sp³-hybridized carbons (Fsp3) is 0.133. The standard InChI is InChI=1S/C15H12ClF3N4O/c1-2-6-20-13(24)12-5-7-21-14(23-12)22-11-4-3-9(16)8-10(11)15(17,18)19/h2-5,7-8H,1,6H2,(H,20,24)(H,21,22,23). The van der Waals surface area contributed by atoms with Crippen LogP contribution >= 0.6 is 11.6 Å². The van der Waals surface area contributed by atoms with Gasteiger partial charge in [0.1, 0.15) is 5.69 Å². The molecule has 0 aliphatic carbocycles. The molecule has 0 fully saturated rings. The van der Waals surface area contributed by atoms with Crippen molar-refractivity contribution in [3.8, 4) is 0 Å². The summed E-state index contributed by atoms with van der Waals surface area (Å²) >= 11 is 5.62. The Balaban J connectivity index is 2.29. The van der Waals surface area contributed by atoms with Crippen LogP contribution in [0, 0.1) is 0 Å². The number of nitrogens with zero attached hydrogens (tertiary/aromatic N) is 2. The lowest BCUT2D eigenvalue weighted by Crippen LogP contribution is -2.24. The largest absolute Gasteiger partial charge is 0.418 e. The molecule has 0 bridgehead atoms. The van der Waals surface area contributed by atoms with Crippen LogP contribution in [0.1, 0.15) is 16.1 Å². The number of carbonyl (C=O) groups is 1. The first-order chi connectivity index (χ1) is 11.3. The molecular formula is C15H12ClF3N4O. The van der Waals surface area contributed by atoms with Gasteiger partial charge in [0.05, 0.1) is 11.3 Å². The van der Waals surface area contributed by atoms with Gasteiger partial charge in [-0.3, -0.25) is 4.79 Å². The summed E-state index contributed by atoms with van der Waals surface area (Å²) in [5, 5.41) is 4.92. The number of alkyl halides is 3. The van der Waals surface area contributed by atoms with Gasteiger partial charge in [-0.15, -0.1) is 6.58 Å². The highest BCUT2D eigenvalue weighted by Gasteiger charge is 2.34. The summed E-state index contributed by atoms with van der Waals surface area (Å²) < 4.78 is 39.2. The maximum Gasteiger partial charge on any atom is 0.418 e. The molecule has 1 aromatic heterocycles. The highest BCUT2D eigenvalue weighted by atomic mass is 35.5. The summed E-state index contributed by atoms with van der Waals surface area (Å²) in [5.41, 5.74) is -1.22. The van der Waals surface area contributed by atoms with Crippen LogP contribution in [0.5, 0.6) is 0 Å². The minimum Gasteiger partial charge on any atom is -0.347 e. The fourth-order valence-electron chi connectivity index (χ4n) is 1.78. The second kappa shape index (κ2) is 7.31. The summed E-state index contributed by atoms with van der Waals surface area (Å²) in [6.07, 6.45) is -1.85. The van der Waals surface area contributed by atoms with Gasteiger partial charge in [0.25, 0.3) is 5.91 Å². The molecule has 1 aromatic carbocycles. The highest BCUT2D eigenvalue weighted by Crippen LogP contribution is 2.37. The first-order valence-corrected chi connectivity index (χ1v) is 7.05. The third kappa shape index (κ3) is 4.45. The third-order valence-corrected chi connectivity index (χ3v) is 3.06. The molecule has 2 rings (SSSR count). The lowest BCUT2D eigenvalue weighted by Gasteiger charge is -2.14. The molecule has 9 heteroatoms. The van der Waals surface area contributed by atoms with E-state index in [9.17, 15) is 18.0 Å². The van der Waals surface area contributed by atoms with E-state index in [4.69, 9.17) is 11.6 Å². The molecule has 0 saturated carbocycles. The van der Waals surface area contributed by atoms with Gasteiger partial charge < -0.3 is 10.6 Å². The second-order valence-corrected chi connectivity index (χ2v) is 5.01. The van der Waals surface area contributed by atoms with Crippen molar-refractivity contribution in [2.45, 2.75) is 6.18 Å². The average molecular weight is 357 g/mol. The first kappa shape index (κ1) is 17.7. The molecule has 0 spiro atoms. The van der Waals surface area contributed by atoms with E-state index < -0.39 is 17.6 Å². The number of amides is 1. The Bertz CT molecular complexity index is 765. The Labute approximate surface area is 140 Å².